The lowest BCUT2D eigenvalue weighted by Crippen LogP contribution is -2.38. The Morgan fingerprint density at radius 2 is 1.09 bits per heavy atom. The number of aryl methyl sites for hydroxylation is 1. The van der Waals surface area contributed by atoms with Crippen molar-refractivity contribution in [1.29, 1.82) is 0 Å². The largest absolute Gasteiger partial charge is 0.228 e. The van der Waals surface area contributed by atoms with Gasteiger partial charge in [0.15, 0.2) is 5.82 Å². The highest BCUT2D eigenvalue weighted by molar-refractivity contribution is 8.00. The highest BCUT2D eigenvalue weighted by Crippen LogP contribution is 2.63. The lowest BCUT2D eigenvalue weighted by atomic mass is 9.64. The summed E-state index contributed by atoms with van der Waals surface area (Å²) in [5.41, 5.74) is 19.0. The minimum absolute atomic E-state index is 0.339. The molecule has 0 amide bonds. The van der Waals surface area contributed by atoms with Crippen LogP contribution in [0.15, 0.2) is 205 Å². The van der Waals surface area contributed by atoms with Gasteiger partial charge in [0.05, 0.1) is 16.8 Å². The molecule has 0 saturated heterocycles. The fourth-order valence-electron chi connectivity index (χ4n) is 9.36. The van der Waals surface area contributed by atoms with Crippen LogP contribution in [0, 0.1) is 6.92 Å². The molecule has 2 nitrogen and oxygen atoms in total. The first kappa shape index (κ1) is 33.8. The van der Waals surface area contributed by atoms with Gasteiger partial charge in [0.25, 0.3) is 0 Å². The Bertz CT molecular complexity index is 2820. The van der Waals surface area contributed by atoms with Crippen LogP contribution in [0.1, 0.15) is 28.7 Å². The molecule has 1 aliphatic heterocycles. The molecule has 0 fully saturated rings. The zero-order chi connectivity index (χ0) is 37.9. The van der Waals surface area contributed by atoms with Crippen LogP contribution in [0.4, 0.5) is 0 Å². The molecule has 0 radical (unpaired) electrons. The summed E-state index contributed by atoms with van der Waals surface area (Å²) in [7, 11) is 0. The van der Waals surface area contributed by atoms with Crippen molar-refractivity contribution in [2.45, 2.75) is 28.9 Å². The third-order valence-corrected chi connectivity index (χ3v) is 13.4. The highest BCUT2D eigenvalue weighted by atomic mass is 32.2. The second kappa shape index (κ2) is 13.6. The first-order valence-corrected chi connectivity index (χ1v) is 20.6. The Morgan fingerprint density at radius 1 is 0.491 bits per heavy atom. The van der Waals surface area contributed by atoms with Gasteiger partial charge in [0.2, 0.25) is 0 Å². The minimum atomic E-state index is -0.339. The summed E-state index contributed by atoms with van der Waals surface area (Å²) >= 11 is 2.02. The molecule has 3 heteroatoms. The first-order chi connectivity index (χ1) is 28.1. The van der Waals surface area contributed by atoms with Gasteiger partial charge in [-0.1, -0.05) is 164 Å². The smallest absolute Gasteiger partial charge is 0.160 e. The van der Waals surface area contributed by atoms with Crippen molar-refractivity contribution in [3.63, 3.8) is 0 Å². The van der Waals surface area contributed by atoms with Crippen molar-refractivity contribution in [2.75, 3.05) is 0 Å². The predicted molar refractivity (Wildman–Crippen MR) is 237 cm³/mol. The number of aromatic nitrogens is 2. The Labute approximate surface area is 338 Å². The zero-order valence-corrected chi connectivity index (χ0v) is 32.4. The van der Waals surface area contributed by atoms with Crippen molar-refractivity contribution < 1.29 is 0 Å². The molecule has 11 rings (SSSR count). The van der Waals surface area contributed by atoms with Gasteiger partial charge < -0.3 is 0 Å². The number of benzene rings is 7. The molecule has 270 valence electrons. The summed E-state index contributed by atoms with van der Waals surface area (Å²) in [6, 6.07) is 63.9. The highest BCUT2D eigenvalue weighted by Gasteiger charge is 2.52. The van der Waals surface area contributed by atoms with Crippen molar-refractivity contribution in [3.05, 3.63) is 222 Å². The number of hydrogen-bond donors (Lipinski definition) is 0. The van der Waals surface area contributed by atoms with Gasteiger partial charge in [-0.3, -0.25) is 0 Å². The molecule has 1 unspecified atom stereocenters. The minimum Gasteiger partial charge on any atom is -0.228 e. The van der Waals surface area contributed by atoms with Gasteiger partial charge in [-0.05, 0) is 105 Å². The molecule has 8 aromatic rings. The Kier molecular flexibility index (Phi) is 8.04. The number of fused-ring (bicyclic) bond motifs is 9. The Balaban J connectivity index is 1.04. The van der Waals surface area contributed by atoms with E-state index in [-0.39, 0.29) is 5.41 Å². The number of thioether (sulfide) groups is 1. The normalized spacial score (nSPS) is 15.7. The summed E-state index contributed by atoms with van der Waals surface area (Å²) in [6.45, 7) is 2.21. The maximum atomic E-state index is 5.14. The van der Waals surface area contributed by atoms with Gasteiger partial charge in [0.1, 0.15) is 0 Å². The monoisotopic (exact) mass is 746 g/mol. The predicted octanol–water partition coefficient (Wildman–Crippen LogP) is 13.8. The van der Waals surface area contributed by atoms with Gasteiger partial charge in [-0.15, -0.1) is 11.8 Å². The fraction of sp³-hybridized carbons (Fsp3) is 0.0741. The molecule has 1 atom stereocenters. The third-order valence-electron chi connectivity index (χ3n) is 12.0. The lowest BCUT2D eigenvalue weighted by Gasteiger charge is -2.45. The molecule has 3 aliphatic rings. The van der Waals surface area contributed by atoms with E-state index in [1.54, 1.807) is 0 Å². The fourth-order valence-corrected chi connectivity index (χ4v) is 10.7. The molecule has 1 spiro atoms. The van der Waals surface area contributed by atoms with Gasteiger partial charge in [0, 0.05) is 26.8 Å². The molecule has 1 aromatic heterocycles. The lowest BCUT2D eigenvalue weighted by molar-refractivity contribution is 0.673. The number of allylic oxidation sites excluding steroid dienone is 3. The SMILES string of the molecule is Cc1ccc(-c2ccc3c(c2)C2(C4=CC=CCC4S3)c3ccccc3-c3ccccc32)cc1-c1cccc(-c2nc(-c3ccccc3)cc(-c3ccccc3)n2)c1. The molecule has 7 aromatic carbocycles. The quantitative estimate of drug-likeness (QED) is 0.175. The molecular formula is C54H38N2S. The standard InChI is InChI=1S/C54H38N2S/c1-35-27-28-38(32-44(35)40-19-14-20-41(31-40)53-55-49(36-15-4-2-5-16-36)34-50(56-53)37-17-6-3-7-18-37)39-29-30-52-48(33-39)54(47-25-12-13-26-51(47)57-52)45-23-10-8-21-42(45)43-22-9-11-24-46(43)54/h2-25,27-34,51H,26H2,1H3. The van der Waals surface area contributed by atoms with E-state index < -0.39 is 0 Å². The Morgan fingerprint density at radius 3 is 1.79 bits per heavy atom. The molecule has 2 heterocycles. The van der Waals surface area contributed by atoms with Crippen LogP contribution in [-0.4, -0.2) is 15.2 Å². The molecule has 57 heavy (non-hydrogen) atoms. The molecule has 0 N–H and O–H groups in total. The van der Waals surface area contributed by atoms with Crippen molar-refractivity contribution in [1.82, 2.24) is 9.97 Å². The topological polar surface area (TPSA) is 25.8 Å². The second-order valence-corrected chi connectivity index (χ2v) is 16.5. The van der Waals surface area contributed by atoms with Gasteiger partial charge in [-0.25, -0.2) is 9.97 Å². The average Bonchev–Trinajstić information content (AvgIpc) is 3.57. The second-order valence-electron chi connectivity index (χ2n) is 15.2. The van der Waals surface area contributed by atoms with Crippen LogP contribution >= 0.6 is 11.8 Å². The summed E-state index contributed by atoms with van der Waals surface area (Å²) < 4.78 is 0. The molecule has 0 bridgehead atoms. The van der Waals surface area contributed by atoms with Crippen LogP contribution in [0.3, 0.4) is 0 Å². The van der Waals surface area contributed by atoms with Crippen LogP contribution < -0.4 is 0 Å². The van der Waals surface area contributed by atoms with Crippen LogP contribution in [0.5, 0.6) is 0 Å². The van der Waals surface area contributed by atoms with E-state index >= 15 is 0 Å². The van der Waals surface area contributed by atoms with E-state index in [0.717, 1.165) is 40.1 Å². The average molecular weight is 747 g/mol. The van der Waals surface area contributed by atoms with Crippen molar-refractivity contribution >= 4 is 11.8 Å². The molecule has 2 aliphatic carbocycles. The molecule has 0 saturated carbocycles. The summed E-state index contributed by atoms with van der Waals surface area (Å²) in [5.74, 6) is 0.714. The van der Waals surface area contributed by atoms with Gasteiger partial charge >= 0.3 is 0 Å². The van der Waals surface area contributed by atoms with Crippen LogP contribution in [0.2, 0.25) is 0 Å². The summed E-state index contributed by atoms with van der Waals surface area (Å²) in [4.78, 5) is 11.6. The van der Waals surface area contributed by atoms with Crippen molar-refractivity contribution in [3.8, 4) is 67.3 Å². The number of rotatable bonds is 5. The first-order valence-electron chi connectivity index (χ1n) is 19.7. The number of hydrogen-bond acceptors (Lipinski definition) is 3. The summed E-state index contributed by atoms with van der Waals surface area (Å²) in [6.07, 6.45) is 8.06. The van der Waals surface area contributed by atoms with Crippen LogP contribution in [0.25, 0.3) is 67.3 Å². The van der Waals surface area contributed by atoms with E-state index in [1.165, 1.54) is 60.5 Å². The maximum absolute atomic E-state index is 5.14. The molecular weight excluding hydrogens is 709 g/mol. The van der Waals surface area contributed by atoms with E-state index in [9.17, 15) is 0 Å². The zero-order valence-electron chi connectivity index (χ0n) is 31.6. The summed E-state index contributed by atoms with van der Waals surface area (Å²) in [5, 5.41) is 0.395. The van der Waals surface area contributed by atoms with Gasteiger partial charge in [-0.2, -0.15) is 0 Å². The van der Waals surface area contributed by atoms with E-state index in [4.69, 9.17) is 9.97 Å². The number of nitrogens with zero attached hydrogens (tertiary/aromatic N) is 2. The van der Waals surface area contributed by atoms with Crippen molar-refractivity contribution in [2.24, 2.45) is 0 Å². The third kappa shape index (κ3) is 5.49. The van der Waals surface area contributed by atoms with Crippen LogP contribution in [-0.2, 0) is 5.41 Å². The van der Waals surface area contributed by atoms with E-state index in [0.29, 0.717) is 11.1 Å². The maximum Gasteiger partial charge on any atom is 0.160 e. The Hall–Kier alpha value is -6.55. The van der Waals surface area contributed by atoms with E-state index in [2.05, 4.69) is 189 Å². The van der Waals surface area contributed by atoms with E-state index in [1.807, 2.05) is 23.9 Å².